The molecule has 2 heterocycles. The maximum absolute atomic E-state index is 12.9. The van der Waals surface area contributed by atoms with E-state index in [0.29, 0.717) is 33.2 Å². The molecule has 2 aromatic heterocycles. The number of hydrogen-bond donors (Lipinski definition) is 5. The number of amides is 2. The molecule has 0 saturated heterocycles. The van der Waals surface area contributed by atoms with Crippen LogP contribution in [0, 0.1) is 0 Å². The predicted molar refractivity (Wildman–Crippen MR) is 142 cm³/mol. The molecule has 4 aromatic rings. The van der Waals surface area contributed by atoms with Gasteiger partial charge in [-0.3, -0.25) is 9.59 Å². The van der Waals surface area contributed by atoms with Crippen LogP contribution in [0.3, 0.4) is 0 Å². The van der Waals surface area contributed by atoms with Crippen molar-refractivity contribution >= 4 is 46.8 Å². The summed E-state index contributed by atoms with van der Waals surface area (Å²) in [6.45, 7) is -0.147. The van der Waals surface area contributed by atoms with Crippen molar-refractivity contribution in [1.82, 2.24) is 40.8 Å². The Morgan fingerprint density at radius 3 is 2.68 bits per heavy atom. The number of aromatic amines is 1. The fourth-order valence-electron chi connectivity index (χ4n) is 3.56. The van der Waals surface area contributed by atoms with E-state index in [-0.39, 0.29) is 30.5 Å². The molecule has 0 bridgehead atoms. The minimum absolute atomic E-state index is 0.0731. The maximum Gasteiger partial charge on any atom is 0.244 e. The molecule has 0 fully saturated rings. The molecular weight excluding hydrogens is 533 g/mol. The molecule has 4 rings (SSSR count). The Balaban J connectivity index is 1.58. The van der Waals surface area contributed by atoms with Gasteiger partial charge in [0.15, 0.2) is 0 Å². The van der Waals surface area contributed by atoms with Gasteiger partial charge in [-0.1, -0.05) is 35.3 Å². The Bertz CT molecular complexity index is 1440. The predicted octanol–water partition coefficient (Wildman–Crippen LogP) is 2.31. The number of nitrogens with zero attached hydrogens (tertiary/aromatic N) is 5. The molecule has 0 aliphatic carbocycles. The lowest BCUT2D eigenvalue weighted by atomic mass is 10.1. The molecular formula is C24H23Cl2N9O3. The van der Waals surface area contributed by atoms with Crippen LogP contribution in [-0.2, 0) is 9.59 Å². The van der Waals surface area contributed by atoms with Crippen LogP contribution in [0.2, 0.25) is 10.2 Å². The summed E-state index contributed by atoms with van der Waals surface area (Å²) in [5, 5.41) is 26.2. The number of aliphatic hydroxyl groups excluding tert-OH is 1. The zero-order valence-electron chi connectivity index (χ0n) is 19.8. The zero-order chi connectivity index (χ0) is 27.1. The lowest BCUT2D eigenvalue weighted by molar-refractivity contribution is -0.122. The van der Waals surface area contributed by atoms with Gasteiger partial charge in [0.2, 0.25) is 11.8 Å². The van der Waals surface area contributed by atoms with Crippen molar-refractivity contribution in [2.75, 3.05) is 18.9 Å². The molecule has 6 N–H and O–H groups in total. The van der Waals surface area contributed by atoms with Gasteiger partial charge in [-0.15, -0.1) is 5.10 Å². The molecule has 0 unspecified atom stereocenters. The topological polar surface area (TPSA) is 177 Å². The number of aliphatic hydroxyl groups is 1. The number of carbonyl (C=O) groups excluding carboxylic acids is 2. The first-order valence-electron chi connectivity index (χ1n) is 11.3. The van der Waals surface area contributed by atoms with Crippen molar-refractivity contribution in [2.24, 2.45) is 0 Å². The van der Waals surface area contributed by atoms with E-state index in [0.717, 1.165) is 0 Å². The molecule has 0 radical (unpaired) electrons. The number of halogens is 2. The first-order chi connectivity index (χ1) is 18.3. The van der Waals surface area contributed by atoms with E-state index in [9.17, 15) is 9.59 Å². The van der Waals surface area contributed by atoms with Crippen LogP contribution in [0.15, 0.2) is 54.9 Å². The third kappa shape index (κ3) is 6.73. The number of rotatable bonds is 10. The highest BCUT2D eigenvalue weighted by Crippen LogP contribution is 2.29. The van der Waals surface area contributed by atoms with E-state index >= 15 is 0 Å². The highest BCUT2D eigenvalue weighted by Gasteiger charge is 2.23. The molecule has 196 valence electrons. The fourth-order valence-corrected chi connectivity index (χ4v) is 3.99. The summed E-state index contributed by atoms with van der Waals surface area (Å²) in [6, 6.07) is 11.1. The minimum atomic E-state index is -0.857. The molecule has 0 aliphatic rings. The van der Waals surface area contributed by atoms with Gasteiger partial charge in [0.1, 0.15) is 23.0 Å². The van der Waals surface area contributed by atoms with Gasteiger partial charge < -0.3 is 26.5 Å². The highest BCUT2D eigenvalue weighted by molar-refractivity contribution is 6.32. The van der Waals surface area contributed by atoms with Gasteiger partial charge in [0.05, 0.1) is 24.8 Å². The number of imidazole rings is 1. The molecule has 0 saturated carbocycles. The van der Waals surface area contributed by atoms with Crippen LogP contribution in [0.5, 0.6) is 0 Å². The molecule has 2 amide bonds. The average molecular weight is 556 g/mol. The summed E-state index contributed by atoms with van der Waals surface area (Å²) in [7, 11) is 0. The van der Waals surface area contributed by atoms with Crippen LogP contribution in [-0.4, -0.2) is 60.2 Å². The van der Waals surface area contributed by atoms with Crippen molar-refractivity contribution < 1.29 is 14.7 Å². The van der Waals surface area contributed by atoms with Crippen molar-refractivity contribution in [2.45, 2.75) is 12.5 Å². The third-order valence-electron chi connectivity index (χ3n) is 5.33. The average Bonchev–Trinajstić information content (AvgIpc) is 3.57. The van der Waals surface area contributed by atoms with Crippen molar-refractivity contribution in [1.29, 1.82) is 0 Å². The second-order valence-electron chi connectivity index (χ2n) is 8.04. The summed E-state index contributed by atoms with van der Waals surface area (Å²) in [4.78, 5) is 32.9. The number of nitrogens with two attached hydrogens (primary N) is 1. The number of aromatic nitrogens is 6. The summed E-state index contributed by atoms with van der Waals surface area (Å²) in [6.07, 6.45) is 4.11. The van der Waals surface area contributed by atoms with E-state index in [1.165, 1.54) is 17.1 Å². The van der Waals surface area contributed by atoms with Crippen molar-refractivity contribution in [3.05, 3.63) is 76.4 Å². The standard InChI is InChI=1S/C24H23Cl2N9O3/c25-16-4-7-19(35-13-29-33-34-35)15(11-16)3-8-20(37)30-18(12-21(38)28-9-10-36)24-31-22(23(26)32-24)14-1-5-17(27)6-2-14/h1-8,11,13,18,36H,9-10,12,27H2,(H,28,38)(H,30,37)(H,31,32)/b8-3+/t18-/m0/s1. The maximum atomic E-state index is 12.9. The molecule has 1 atom stereocenters. The molecule has 0 spiro atoms. The SMILES string of the molecule is Nc1ccc(-c2nc([C@H](CC(=O)NCCO)NC(=O)/C=C/c3cc(Cl)ccc3-n3cnnn3)[nH]c2Cl)cc1. The number of benzene rings is 2. The molecule has 12 nitrogen and oxygen atoms in total. The van der Waals surface area contributed by atoms with E-state index in [2.05, 4.69) is 36.1 Å². The summed E-state index contributed by atoms with van der Waals surface area (Å²) in [5.74, 6) is -0.625. The van der Waals surface area contributed by atoms with Crippen molar-refractivity contribution in [3.63, 3.8) is 0 Å². The van der Waals surface area contributed by atoms with Gasteiger partial charge >= 0.3 is 0 Å². The summed E-state index contributed by atoms with van der Waals surface area (Å²) in [5.41, 5.74) is 8.69. The van der Waals surface area contributed by atoms with Crippen LogP contribution in [0.4, 0.5) is 5.69 Å². The smallest absolute Gasteiger partial charge is 0.244 e. The lowest BCUT2D eigenvalue weighted by Gasteiger charge is -2.15. The van der Waals surface area contributed by atoms with Crippen LogP contribution in [0.25, 0.3) is 23.0 Å². The largest absolute Gasteiger partial charge is 0.399 e. The number of nitrogens with one attached hydrogen (secondary N) is 3. The van der Waals surface area contributed by atoms with Gasteiger partial charge in [-0.05, 0) is 46.8 Å². The number of H-pyrrole nitrogens is 1. The minimum Gasteiger partial charge on any atom is -0.399 e. The lowest BCUT2D eigenvalue weighted by Crippen LogP contribution is -2.34. The first-order valence-corrected chi connectivity index (χ1v) is 12.1. The van der Waals surface area contributed by atoms with Gasteiger partial charge in [-0.25, -0.2) is 4.98 Å². The van der Waals surface area contributed by atoms with Gasteiger partial charge in [0.25, 0.3) is 0 Å². The van der Waals surface area contributed by atoms with E-state index < -0.39 is 17.9 Å². The zero-order valence-corrected chi connectivity index (χ0v) is 21.3. The molecule has 2 aromatic carbocycles. The normalized spacial score (nSPS) is 12.0. The first kappa shape index (κ1) is 26.8. The summed E-state index contributed by atoms with van der Waals surface area (Å²) < 4.78 is 1.44. The number of carbonyl (C=O) groups is 2. The van der Waals surface area contributed by atoms with E-state index in [4.69, 9.17) is 34.0 Å². The number of nitrogen functional groups attached to an aromatic ring is 1. The van der Waals surface area contributed by atoms with E-state index in [1.54, 1.807) is 48.5 Å². The van der Waals surface area contributed by atoms with Gasteiger partial charge in [0, 0.05) is 34.5 Å². The molecule has 38 heavy (non-hydrogen) atoms. The third-order valence-corrected chi connectivity index (χ3v) is 5.84. The van der Waals surface area contributed by atoms with Gasteiger partial charge in [-0.2, -0.15) is 4.68 Å². The molecule has 14 heteroatoms. The second kappa shape index (κ2) is 12.3. The quantitative estimate of drug-likeness (QED) is 0.146. The van der Waals surface area contributed by atoms with E-state index in [1.807, 2.05) is 0 Å². The monoisotopic (exact) mass is 555 g/mol. The Labute approximate surface area is 226 Å². The number of anilines is 1. The number of hydrogen-bond acceptors (Lipinski definition) is 8. The Morgan fingerprint density at radius 1 is 1.18 bits per heavy atom. The number of tetrazole rings is 1. The van der Waals surface area contributed by atoms with Crippen LogP contribution < -0.4 is 16.4 Å². The Kier molecular flexibility index (Phi) is 8.69. The Morgan fingerprint density at radius 2 is 1.97 bits per heavy atom. The van der Waals surface area contributed by atoms with Crippen LogP contribution in [0.1, 0.15) is 23.9 Å². The fraction of sp³-hybridized carbons (Fsp3) is 0.167. The van der Waals surface area contributed by atoms with Crippen LogP contribution >= 0.6 is 23.2 Å². The second-order valence-corrected chi connectivity index (χ2v) is 8.85. The summed E-state index contributed by atoms with van der Waals surface area (Å²) >= 11 is 12.5. The Hall–Kier alpha value is -4.26. The highest BCUT2D eigenvalue weighted by atomic mass is 35.5. The van der Waals surface area contributed by atoms with Crippen molar-refractivity contribution in [3.8, 4) is 16.9 Å². The molecule has 0 aliphatic heterocycles.